The molecule has 2 aromatic carbocycles. The van der Waals surface area contributed by atoms with E-state index in [2.05, 4.69) is 15.8 Å². The van der Waals surface area contributed by atoms with Crippen molar-refractivity contribution < 1.29 is 14.2 Å². The highest BCUT2D eigenvalue weighted by Gasteiger charge is 2.12. The molecule has 1 aliphatic rings. The predicted molar refractivity (Wildman–Crippen MR) is 102 cm³/mol. The van der Waals surface area contributed by atoms with Gasteiger partial charge >= 0.3 is 0 Å². The quantitative estimate of drug-likeness (QED) is 0.498. The van der Waals surface area contributed by atoms with E-state index in [1.54, 1.807) is 7.11 Å². The Bertz CT molecular complexity index is 808. The van der Waals surface area contributed by atoms with Crippen molar-refractivity contribution in [1.29, 1.82) is 0 Å². The van der Waals surface area contributed by atoms with Crippen LogP contribution in [-0.2, 0) is 0 Å². The van der Waals surface area contributed by atoms with Gasteiger partial charge in [-0.25, -0.2) is 0 Å². The van der Waals surface area contributed by atoms with E-state index in [0.717, 1.165) is 34.2 Å². The molecule has 0 fully saturated rings. The van der Waals surface area contributed by atoms with Crippen LogP contribution in [-0.4, -0.2) is 31.1 Å². The number of hydrogen-bond donors (Lipinski definition) is 2. The second-order valence-electron chi connectivity index (χ2n) is 5.35. The monoisotopic (exact) mass is 357 g/mol. The highest BCUT2D eigenvalue weighted by Crippen LogP contribution is 2.30. The number of ether oxygens (including phenoxy) is 3. The number of anilines is 1. The SMILES string of the molecule is COc1cccc(NC(=S)N/N=C(\C)c2ccc3c(c2)OCCO3)c1. The van der Waals surface area contributed by atoms with Crippen molar-refractivity contribution >= 4 is 28.7 Å². The van der Waals surface area contributed by atoms with Gasteiger partial charge < -0.3 is 19.5 Å². The number of benzene rings is 2. The summed E-state index contributed by atoms with van der Waals surface area (Å²) in [5, 5.41) is 7.77. The maximum atomic E-state index is 5.59. The zero-order chi connectivity index (χ0) is 17.6. The van der Waals surface area contributed by atoms with Crippen LogP contribution in [0.3, 0.4) is 0 Å². The van der Waals surface area contributed by atoms with Gasteiger partial charge in [0, 0.05) is 17.3 Å². The van der Waals surface area contributed by atoms with E-state index < -0.39 is 0 Å². The highest BCUT2D eigenvalue weighted by atomic mass is 32.1. The Morgan fingerprint density at radius 1 is 1.12 bits per heavy atom. The maximum absolute atomic E-state index is 5.59. The smallest absolute Gasteiger partial charge is 0.191 e. The summed E-state index contributed by atoms with van der Waals surface area (Å²) in [6.07, 6.45) is 0. The normalized spacial score (nSPS) is 13.1. The lowest BCUT2D eigenvalue weighted by atomic mass is 10.1. The Morgan fingerprint density at radius 2 is 1.92 bits per heavy atom. The molecule has 2 aromatic rings. The van der Waals surface area contributed by atoms with Crippen molar-refractivity contribution in [2.45, 2.75) is 6.92 Å². The molecule has 0 aromatic heterocycles. The molecule has 130 valence electrons. The van der Waals surface area contributed by atoms with Gasteiger partial charge in [-0.2, -0.15) is 5.10 Å². The van der Waals surface area contributed by atoms with Crippen LogP contribution >= 0.6 is 12.2 Å². The molecular weight excluding hydrogens is 338 g/mol. The fourth-order valence-corrected chi connectivity index (χ4v) is 2.49. The molecular formula is C18H19N3O3S. The number of thiocarbonyl (C=S) groups is 1. The molecule has 3 rings (SSSR count). The average Bonchev–Trinajstić information content (AvgIpc) is 2.65. The van der Waals surface area contributed by atoms with Gasteiger partial charge in [0.05, 0.1) is 12.8 Å². The molecule has 0 radical (unpaired) electrons. The topological polar surface area (TPSA) is 64.1 Å². The van der Waals surface area contributed by atoms with Crippen LogP contribution in [0.2, 0.25) is 0 Å². The van der Waals surface area contributed by atoms with Gasteiger partial charge in [-0.3, -0.25) is 5.43 Å². The van der Waals surface area contributed by atoms with Gasteiger partial charge in [0.15, 0.2) is 16.6 Å². The van der Waals surface area contributed by atoms with Gasteiger partial charge in [-0.1, -0.05) is 6.07 Å². The lowest BCUT2D eigenvalue weighted by Gasteiger charge is -2.18. The molecule has 0 bridgehead atoms. The maximum Gasteiger partial charge on any atom is 0.191 e. The van der Waals surface area contributed by atoms with Crippen LogP contribution in [0.15, 0.2) is 47.6 Å². The molecule has 7 heteroatoms. The molecule has 0 aliphatic carbocycles. The van der Waals surface area contributed by atoms with E-state index in [0.29, 0.717) is 18.3 Å². The minimum Gasteiger partial charge on any atom is -0.497 e. The largest absolute Gasteiger partial charge is 0.497 e. The summed E-state index contributed by atoms with van der Waals surface area (Å²) < 4.78 is 16.3. The number of rotatable bonds is 4. The van der Waals surface area contributed by atoms with Crippen molar-refractivity contribution in [3.8, 4) is 17.2 Å². The van der Waals surface area contributed by atoms with Crippen molar-refractivity contribution in [1.82, 2.24) is 5.43 Å². The molecule has 25 heavy (non-hydrogen) atoms. The molecule has 0 saturated heterocycles. The average molecular weight is 357 g/mol. The van der Waals surface area contributed by atoms with E-state index in [1.165, 1.54) is 0 Å². The Hall–Kier alpha value is -2.80. The second kappa shape index (κ2) is 7.85. The summed E-state index contributed by atoms with van der Waals surface area (Å²) in [5.41, 5.74) is 5.38. The summed E-state index contributed by atoms with van der Waals surface area (Å²) in [7, 11) is 1.62. The van der Waals surface area contributed by atoms with Crippen molar-refractivity contribution in [2.75, 3.05) is 25.6 Å². The summed E-state index contributed by atoms with van der Waals surface area (Å²) in [4.78, 5) is 0. The number of fused-ring (bicyclic) bond motifs is 1. The van der Waals surface area contributed by atoms with E-state index in [-0.39, 0.29) is 0 Å². The van der Waals surface area contributed by atoms with Crippen LogP contribution < -0.4 is 25.0 Å². The number of nitrogens with zero attached hydrogens (tertiary/aromatic N) is 1. The highest BCUT2D eigenvalue weighted by molar-refractivity contribution is 7.80. The predicted octanol–water partition coefficient (Wildman–Crippen LogP) is 3.18. The zero-order valence-electron chi connectivity index (χ0n) is 14.0. The second-order valence-corrected chi connectivity index (χ2v) is 5.76. The van der Waals surface area contributed by atoms with Crippen LogP contribution in [0.1, 0.15) is 12.5 Å². The standard InChI is InChI=1S/C18H19N3O3S/c1-12(13-6-7-16-17(10-13)24-9-8-23-16)20-21-18(25)19-14-4-3-5-15(11-14)22-2/h3-7,10-11H,8-9H2,1-2H3,(H2,19,21,25)/b20-12+. The van der Waals surface area contributed by atoms with Gasteiger partial charge in [-0.15, -0.1) is 0 Å². The molecule has 1 heterocycles. The summed E-state index contributed by atoms with van der Waals surface area (Å²) in [6.45, 7) is 3.02. The molecule has 0 atom stereocenters. The van der Waals surface area contributed by atoms with E-state index >= 15 is 0 Å². The zero-order valence-corrected chi connectivity index (χ0v) is 14.9. The minimum atomic E-state index is 0.394. The van der Waals surface area contributed by atoms with Crippen LogP contribution in [0, 0.1) is 0 Å². The van der Waals surface area contributed by atoms with Crippen molar-refractivity contribution in [3.05, 3.63) is 48.0 Å². The summed E-state index contributed by atoms with van der Waals surface area (Å²) in [6, 6.07) is 13.2. The number of hydrazone groups is 1. The Kier molecular flexibility index (Phi) is 5.35. The minimum absolute atomic E-state index is 0.394. The third-order valence-electron chi connectivity index (χ3n) is 3.61. The molecule has 2 N–H and O–H groups in total. The Balaban J connectivity index is 1.63. The number of hydrogen-bond acceptors (Lipinski definition) is 5. The molecule has 0 amide bonds. The number of nitrogens with one attached hydrogen (secondary N) is 2. The molecule has 0 spiro atoms. The first-order valence-corrected chi connectivity index (χ1v) is 8.22. The molecule has 1 aliphatic heterocycles. The fourth-order valence-electron chi connectivity index (χ4n) is 2.33. The summed E-state index contributed by atoms with van der Waals surface area (Å²) in [5.74, 6) is 2.24. The first kappa shape index (κ1) is 17.0. The van der Waals surface area contributed by atoms with Crippen LogP contribution in [0.5, 0.6) is 17.2 Å². The van der Waals surface area contributed by atoms with Gasteiger partial charge in [0.1, 0.15) is 19.0 Å². The van der Waals surface area contributed by atoms with Crippen LogP contribution in [0.4, 0.5) is 5.69 Å². The molecule has 0 saturated carbocycles. The molecule has 6 nitrogen and oxygen atoms in total. The van der Waals surface area contributed by atoms with Gasteiger partial charge in [0.2, 0.25) is 0 Å². The van der Waals surface area contributed by atoms with Crippen molar-refractivity contribution in [3.63, 3.8) is 0 Å². The lowest BCUT2D eigenvalue weighted by Crippen LogP contribution is -2.25. The third kappa shape index (κ3) is 4.39. The van der Waals surface area contributed by atoms with Crippen LogP contribution in [0.25, 0.3) is 0 Å². The van der Waals surface area contributed by atoms with E-state index in [1.807, 2.05) is 49.4 Å². The fraction of sp³-hybridized carbons (Fsp3) is 0.222. The first-order chi connectivity index (χ1) is 12.2. The van der Waals surface area contributed by atoms with E-state index in [4.69, 9.17) is 26.4 Å². The molecule has 0 unspecified atom stereocenters. The third-order valence-corrected chi connectivity index (χ3v) is 3.81. The van der Waals surface area contributed by atoms with Gasteiger partial charge in [0.25, 0.3) is 0 Å². The first-order valence-electron chi connectivity index (χ1n) is 7.81. The Morgan fingerprint density at radius 3 is 2.72 bits per heavy atom. The lowest BCUT2D eigenvalue weighted by molar-refractivity contribution is 0.171. The summed E-state index contributed by atoms with van der Waals surface area (Å²) >= 11 is 5.27. The van der Waals surface area contributed by atoms with E-state index in [9.17, 15) is 0 Å². The van der Waals surface area contributed by atoms with Gasteiger partial charge in [-0.05, 0) is 49.5 Å². The number of methoxy groups -OCH3 is 1. The Labute approximate surface area is 151 Å². The van der Waals surface area contributed by atoms with Crippen molar-refractivity contribution in [2.24, 2.45) is 5.10 Å².